The van der Waals surface area contributed by atoms with E-state index in [1.807, 2.05) is 66.7 Å². The third kappa shape index (κ3) is 4.87. The highest BCUT2D eigenvalue weighted by molar-refractivity contribution is 9.10. The van der Waals surface area contributed by atoms with Crippen LogP contribution in [-0.4, -0.2) is 13.3 Å². The van der Waals surface area contributed by atoms with Crippen molar-refractivity contribution in [2.45, 2.75) is 6.61 Å². The van der Waals surface area contributed by atoms with Gasteiger partial charge in [-0.1, -0.05) is 57.9 Å². The Balaban J connectivity index is 1.78. The number of hydrogen-bond donors (Lipinski definition) is 0. The van der Waals surface area contributed by atoms with Crippen LogP contribution in [0.2, 0.25) is 5.02 Å². The molecule has 0 aliphatic carbocycles. The Morgan fingerprint density at radius 2 is 1.77 bits per heavy atom. The van der Waals surface area contributed by atoms with Gasteiger partial charge >= 0.3 is 0 Å². The van der Waals surface area contributed by atoms with Crippen LogP contribution in [0, 0.1) is 0 Å². The van der Waals surface area contributed by atoms with Crippen LogP contribution in [0.3, 0.4) is 0 Å². The second-order valence-corrected chi connectivity index (χ2v) is 6.87. The van der Waals surface area contributed by atoms with Crippen molar-refractivity contribution in [2.75, 3.05) is 7.11 Å². The van der Waals surface area contributed by atoms with Crippen LogP contribution < -0.4 is 9.47 Å². The average molecular weight is 431 g/mol. The summed E-state index contributed by atoms with van der Waals surface area (Å²) >= 11 is 9.83. The molecule has 3 aromatic carbocycles. The number of ether oxygens (including phenoxy) is 2. The van der Waals surface area contributed by atoms with E-state index >= 15 is 0 Å². The van der Waals surface area contributed by atoms with Crippen molar-refractivity contribution in [3.63, 3.8) is 0 Å². The van der Waals surface area contributed by atoms with Crippen LogP contribution in [0.25, 0.3) is 0 Å². The van der Waals surface area contributed by atoms with Crippen LogP contribution in [0.15, 0.2) is 76.2 Å². The molecule has 132 valence electrons. The van der Waals surface area contributed by atoms with Gasteiger partial charge in [-0.3, -0.25) is 4.99 Å². The van der Waals surface area contributed by atoms with E-state index in [0.29, 0.717) is 23.1 Å². The first-order valence-corrected chi connectivity index (χ1v) is 9.16. The summed E-state index contributed by atoms with van der Waals surface area (Å²) in [7, 11) is 1.59. The molecule has 0 radical (unpaired) electrons. The summed E-state index contributed by atoms with van der Waals surface area (Å²) < 4.78 is 12.4. The van der Waals surface area contributed by atoms with E-state index < -0.39 is 0 Å². The van der Waals surface area contributed by atoms with E-state index in [2.05, 4.69) is 20.9 Å². The number of nitrogens with zero attached hydrogens (tertiary/aromatic N) is 1. The van der Waals surface area contributed by atoms with E-state index in [0.717, 1.165) is 21.3 Å². The van der Waals surface area contributed by atoms with Gasteiger partial charge in [-0.25, -0.2) is 0 Å². The van der Waals surface area contributed by atoms with Gasteiger partial charge in [0.25, 0.3) is 0 Å². The standard InChI is InChI=1S/C21H17BrClNO2/c1-25-20-12-16(13-24-18-5-3-2-4-6-18)11-19(23)21(20)26-14-15-7-9-17(22)10-8-15/h2-13H,14H2,1H3. The van der Waals surface area contributed by atoms with Gasteiger partial charge in [0.1, 0.15) is 6.61 Å². The van der Waals surface area contributed by atoms with E-state index in [1.165, 1.54) is 0 Å². The fourth-order valence-electron chi connectivity index (χ4n) is 2.35. The van der Waals surface area contributed by atoms with Gasteiger partial charge in [-0.2, -0.15) is 0 Å². The zero-order valence-electron chi connectivity index (χ0n) is 14.2. The van der Waals surface area contributed by atoms with E-state index in [9.17, 15) is 0 Å². The number of halogens is 2. The Labute approximate surface area is 166 Å². The minimum absolute atomic E-state index is 0.404. The van der Waals surface area contributed by atoms with Crippen LogP contribution in [-0.2, 0) is 6.61 Å². The molecule has 0 saturated heterocycles. The molecule has 0 spiro atoms. The third-order valence-electron chi connectivity index (χ3n) is 3.67. The van der Waals surface area contributed by atoms with Gasteiger partial charge in [0.05, 0.1) is 17.8 Å². The number of aliphatic imine (C=N–C) groups is 1. The van der Waals surface area contributed by atoms with Crippen molar-refractivity contribution in [1.29, 1.82) is 0 Å². The summed E-state index contributed by atoms with van der Waals surface area (Å²) in [5.41, 5.74) is 2.76. The van der Waals surface area contributed by atoms with Crippen molar-refractivity contribution in [3.8, 4) is 11.5 Å². The molecule has 0 aromatic heterocycles. The number of para-hydroxylation sites is 1. The molecular weight excluding hydrogens is 414 g/mol. The van der Waals surface area contributed by atoms with Crippen molar-refractivity contribution in [2.24, 2.45) is 4.99 Å². The summed E-state index contributed by atoms with van der Waals surface area (Å²) in [5.74, 6) is 1.10. The summed E-state index contributed by atoms with van der Waals surface area (Å²) in [5, 5.41) is 0.482. The molecule has 0 aliphatic rings. The zero-order valence-corrected chi connectivity index (χ0v) is 16.5. The van der Waals surface area contributed by atoms with Gasteiger partial charge in [-0.15, -0.1) is 0 Å². The highest BCUT2D eigenvalue weighted by atomic mass is 79.9. The molecule has 0 bridgehead atoms. The molecule has 0 N–H and O–H groups in total. The van der Waals surface area contributed by atoms with Crippen molar-refractivity contribution >= 4 is 39.4 Å². The Hall–Kier alpha value is -2.30. The van der Waals surface area contributed by atoms with Crippen LogP contribution >= 0.6 is 27.5 Å². The number of hydrogen-bond acceptors (Lipinski definition) is 3. The summed E-state index contributed by atoms with van der Waals surface area (Å²) in [6, 6.07) is 21.3. The minimum atomic E-state index is 0.404. The lowest BCUT2D eigenvalue weighted by Crippen LogP contribution is -1.99. The Bertz CT molecular complexity index is 896. The first-order valence-electron chi connectivity index (χ1n) is 7.99. The monoisotopic (exact) mass is 429 g/mol. The Morgan fingerprint density at radius 1 is 1.04 bits per heavy atom. The average Bonchev–Trinajstić information content (AvgIpc) is 2.67. The van der Waals surface area contributed by atoms with Crippen LogP contribution in [0.4, 0.5) is 5.69 Å². The number of methoxy groups -OCH3 is 1. The quantitative estimate of drug-likeness (QED) is 0.421. The van der Waals surface area contributed by atoms with Crippen molar-refractivity contribution < 1.29 is 9.47 Å². The summed E-state index contributed by atoms with van der Waals surface area (Å²) in [6.07, 6.45) is 1.75. The van der Waals surface area contributed by atoms with Crippen molar-refractivity contribution in [3.05, 3.63) is 87.4 Å². The van der Waals surface area contributed by atoms with Crippen LogP contribution in [0.1, 0.15) is 11.1 Å². The fourth-order valence-corrected chi connectivity index (χ4v) is 2.89. The highest BCUT2D eigenvalue weighted by Gasteiger charge is 2.12. The summed E-state index contributed by atoms with van der Waals surface area (Å²) in [4.78, 5) is 4.44. The lowest BCUT2D eigenvalue weighted by atomic mass is 10.2. The lowest BCUT2D eigenvalue weighted by Gasteiger charge is -2.13. The molecule has 0 aliphatic heterocycles. The summed E-state index contributed by atoms with van der Waals surface area (Å²) in [6.45, 7) is 0.404. The smallest absolute Gasteiger partial charge is 0.180 e. The molecule has 3 aromatic rings. The fraction of sp³-hybridized carbons (Fsp3) is 0.0952. The van der Waals surface area contributed by atoms with Gasteiger partial charge in [0, 0.05) is 10.7 Å². The lowest BCUT2D eigenvalue weighted by molar-refractivity contribution is 0.284. The first-order chi connectivity index (χ1) is 12.7. The predicted octanol–water partition coefficient (Wildman–Crippen LogP) is 6.44. The molecule has 0 atom stereocenters. The highest BCUT2D eigenvalue weighted by Crippen LogP contribution is 2.36. The SMILES string of the molecule is COc1cc(C=Nc2ccccc2)cc(Cl)c1OCc1ccc(Br)cc1. The zero-order chi connectivity index (χ0) is 18.4. The molecule has 0 fully saturated rings. The molecule has 3 nitrogen and oxygen atoms in total. The maximum atomic E-state index is 6.41. The third-order valence-corrected chi connectivity index (χ3v) is 4.48. The minimum Gasteiger partial charge on any atom is -0.493 e. The molecule has 5 heteroatoms. The second kappa shape index (κ2) is 8.88. The van der Waals surface area contributed by atoms with E-state index in [-0.39, 0.29) is 0 Å². The molecule has 3 rings (SSSR count). The maximum Gasteiger partial charge on any atom is 0.180 e. The van der Waals surface area contributed by atoms with Crippen LogP contribution in [0.5, 0.6) is 11.5 Å². The second-order valence-electron chi connectivity index (χ2n) is 5.54. The number of rotatable bonds is 6. The maximum absolute atomic E-state index is 6.41. The molecule has 0 heterocycles. The Kier molecular flexibility index (Phi) is 6.31. The van der Waals surface area contributed by atoms with Gasteiger partial charge < -0.3 is 9.47 Å². The first kappa shape index (κ1) is 18.5. The normalized spacial score (nSPS) is 10.9. The molecule has 0 unspecified atom stereocenters. The molecule has 0 amide bonds. The number of benzene rings is 3. The van der Waals surface area contributed by atoms with Gasteiger partial charge in [-0.05, 0) is 47.5 Å². The predicted molar refractivity (Wildman–Crippen MR) is 110 cm³/mol. The van der Waals surface area contributed by atoms with Crippen molar-refractivity contribution in [1.82, 2.24) is 0 Å². The van der Waals surface area contributed by atoms with E-state index in [1.54, 1.807) is 13.3 Å². The topological polar surface area (TPSA) is 30.8 Å². The molecule has 26 heavy (non-hydrogen) atoms. The molecule has 0 saturated carbocycles. The van der Waals surface area contributed by atoms with Gasteiger partial charge in [0.2, 0.25) is 0 Å². The van der Waals surface area contributed by atoms with Gasteiger partial charge in [0.15, 0.2) is 11.5 Å². The largest absolute Gasteiger partial charge is 0.493 e. The Morgan fingerprint density at radius 3 is 2.46 bits per heavy atom. The van der Waals surface area contributed by atoms with E-state index in [4.69, 9.17) is 21.1 Å². The molecular formula is C21H17BrClNO2.